The monoisotopic (exact) mass is 527 g/mol. The molecule has 1 heterocycles. The van der Waals surface area contributed by atoms with Gasteiger partial charge < -0.3 is 0 Å². The minimum Gasteiger partial charge on any atom is -0.299 e. The van der Waals surface area contributed by atoms with Gasteiger partial charge in [0.1, 0.15) is 11.6 Å². The number of alkyl halides is 2. The predicted octanol–water partition coefficient (Wildman–Crippen LogP) is 7.38. The van der Waals surface area contributed by atoms with Gasteiger partial charge in [0.25, 0.3) is 6.43 Å². The number of nitrogens with one attached hydrogen (secondary N) is 1. The van der Waals surface area contributed by atoms with E-state index in [9.17, 15) is 18.4 Å². The summed E-state index contributed by atoms with van der Waals surface area (Å²) in [5, 5.41) is 0.374. The van der Waals surface area contributed by atoms with E-state index in [0.29, 0.717) is 35.8 Å². The number of hydrogen-bond donors (Lipinski definition) is 1. The Morgan fingerprint density at radius 3 is 2.46 bits per heavy atom. The van der Waals surface area contributed by atoms with Gasteiger partial charge in [-0.15, -0.1) is 0 Å². The van der Waals surface area contributed by atoms with Gasteiger partial charge >= 0.3 is 5.69 Å². The second-order valence-corrected chi connectivity index (χ2v) is 10.6. The molecule has 0 spiro atoms. The minimum atomic E-state index is -2.66. The molecule has 37 heavy (non-hydrogen) atoms. The Bertz CT molecular complexity index is 1310. The van der Waals surface area contributed by atoms with E-state index in [0.717, 1.165) is 29.5 Å². The topological polar surface area (TPSA) is 75.7 Å². The van der Waals surface area contributed by atoms with Crippen LogP contribution in [0.2, 0.25) is 5.02 Å². The van der Waals surface area contributed by atoms with Crippen molar-refractivity contribution < 1.29 is 13.6 Å². The van der Waals surface area contributed by atoms with Gasteiger partial charge in [0, 0.05) is 17.5 Å². The molecule has 4 rings (SSSR count). The number of aryl methyl sites for hydroxylation is 1. The Labute approximate surface area is 220 Å². The first kappa shape index (κ1) is 27.1. The summed E-state index contributed by atoms with van der Waals surface area (Å²) in [5.41, 5.74) is 0.973. The van der Waals surface area contributed by atoms with E-state index in [1.54, 1.807) is 18.2 Å². The number of carbonyl (C=O) groups is 1. The summed E-state index contributed by atoms with van der Waals surface area (Å²) in [6, 6.07) is 12.9. The maximum atomic E-state index is 14.1. The molecular weight excluding hydrogens is 496 g/mol. The Balaban J connectivity index is 1.60. The largest absolute Gasteiger partial charge is 0.348 e. The molecule has 2 aromatic carbocycles. The van der Waals surface area contributed by atoms with Crippen LogP contribution in [0.1, 0.15) is 75.8 Å². The third-order valence-corrected chi connectivity index (χ3v) is 7.69. The van der Waals surface area contributed by atoms with Crippen LogP contribution in [0.4, 0.5) is 8.78 Å². The van der Waals surface area contributed by atoms with E-state index in [-0.39, 0.29) is 36.7 Å². The van der Waals surface area contributed by atoms with E-state index < -0.39 is 17.5 Å². The molecule has 0 radical (unpaired) electrons. The third-order valence-electron chi connectivity index (χ3n) is 7.36. The smallest absolute Gasteiger partial charge is 0.299 e. The molecule has 1 aliphatic rings. The highest BCUT2D eigenvalue weighted by Gasteiger charge is 2.45. The van der Waals surface area contributed by atoms with Crippen molar-refractivity contribution in [1.82, 2.24) is 15.0 Å². The normalized spacial score (nSPS) is 15.6. The molecule has 196 valence electrons. The SMILES string of the molecule is CC(C)c1cccc(-c2nc(-c3cc(CCC(=O)C4(C(F)F)CCCCCC4)ccc3Cl)[nH]c(=O)n2)c1. The fraction of sp³-hybridized carbons (Fsp3) is 0.448. The van der Waals surface area contributed by atoms with Crippen LogP contribution >= 0.6 is 11.6 Å². The summed E-state index contributed by atoms with van der Waals surface area (Å²) in [5.74, 6) is 0.474. The zero-order valence-electron chi connectivity index (χ0n) is 21.2. The summed E-state index contributed by atoms with van der Waals surface area (Å²) >= 11 is 6.47. The van der Waals surface area contributed by atoms with Crippen molar-refractivity contribution in [3.05, 3.63) is 69.1 Å². The number of Topliss-reactive ketones (excluding diaryl/α,β-unsaturated/α-hetero) is 1. The number of hydrogen-bond acceptors (Lipinski definition) is 4. The highest BCUT2D eigenvalue weighted by Crippen LogP contribution is 2.42. The quantitative estimate of drug-likeness (QED) is 0.310. The van der Waals surface area contributed by atoms with Gasteiger partial charge in [0.15, 0.2) is 5.82 Å². The van der Waals surface area contributed by atoms with Gasteiger partial charge in [0.2, 0.25) is 0 Å². The maximum absolute atomic E-state index is 14.1. The molecule has 0 unspecified atom stereocenters. The molecule has 5 nitrogen and oxygen atoms in total. The van der Waals surface area contributed by atoms with Gasteiger partial charge in [-0.05, 0) is 54.5 Å². The van der Waals surface area contributed by atoms with E-state index in [2.05, 4.69) is 28.8 Å². The summed E-state index contributed by atoms with van der Waals surface area (Å²) < 4.78 is 28.1. The maximum Gasteiger partial charge on any atom is 0.348 e. The number of rotatable bonds is 8. The fourth-order valence-corrected chi connectivity index (χ4v) is 5.28. The molecular formula is C29H32ClF2N3O2. The molecule has 1 saturated carbocycles. The van der Waals surface area contributed by atoms with Crippen LogP contribution in [0.5, 0.6) is 0 Å². The van der Waals surface area contributed by atoms with Crippen molar-refractivity contribution in [3.8, 4) is 22.8 Å². The molecule has 0 bridgehead atoms. The van der Waals surface area contributed by atoms with Gasteiger partial charge in [0.05, 0.1) is 10.4 Å². The fourth-order valence-electron chi connectivity index (χ4n) is 5.07. The third kappa shape index (κ3) is 6.15. The molecule has 0 saturated heterocycles. The van der Waals surface area contributed by atoms with Gasteiger partial charge in [-0.25, -0.2) is 18.6 Å². The lowest BCUT2D eigenvalue weighted by molar-refractivity contribution is -0.140. The second-order valence-electron chi connectivity index (χ2n) is 10.2. The molecule has 0 atom stereocenters. The number of ketones is 1. The van der Waals surface area contributed by atoms with E-state index in [4.69, 9.17) is 11.6 Å². The van der Waals surface area contributed by atoms with Crippen molar-refractivity contribution >= 4 is 17.4 Å². The lowest BCUT2D eigenvalue weighted by Gasteiger charge is -2.30. The van der Waals surface area contributed by atoms with Crippen molar-refractivity contribution in [3.63, 3.8) is 0 Å². The van der Waals surface area contributed by atoms with Crippen LogP contribution < -0.4 is 5.69 Å². The number of benzene rings is 2. The van der Waals surface area contributed by atoms with Crippen molar-refractivity contribution in [2.45, 2.75) is 77.6 Å². The standard InChI is InChI=1S/C29H32ClF2N3O2/c1-18(2)20-8-7-9-21(17-20)25-33-26(35-28(37)34-25)22-16-19(10-12-23(22)30)11-13-24(36)29(27(31)32)14-5-3-4-6-15-29/h7-10,12,16-18,27H,3-6,11,13-15H2,1-2H3,(H,33,34,35,37). The average molecular weight is 528 g/mol. The first-order valence-corrected chi connectivity index (χ1v) is 13.3. The van der Waals surface area contributed by atoms with Gasteiger partial charge in [-0.1, -0.05) is 75.4 Å². The zero-order chi connectivity index (χ0) is 26.6. The van der Waals surface area contributed by atoms with E-state index in [1.165, 1.54) is 0 Å². The molecule has 0 amide bonds. The Hall–Kier alpha value is -2.93. The highest BCUT2D eigenvalue weighted by atomic mass is 35.5. The van der Waals surface area contributed by atoms with Crippen LogP contribution in [-0.4, -0.2) is 27.2 Å². The molecule has 3 aromatic rings. The van der Waals surface area contributed by atoms with Crippen LogP contribution in [0, 0.1) is 5.41 Å². The molecule has 8 heteroatoms. The average Bonchev–Trinajstić information content (AvgIpc) is 3.15. The number of carbonyl (C=O) groups excluding carboxylic acids is 1. The second kappa shape index (κ2) is 11.6. The predicted molar refractivity (Wildman–Crippen MR) is 142 cm³/mol. The van der Waals surface area contributed by atoms with E-state index in [1.807, 2.05) is 24.3 Å². The van der Waals surface area contributed by atoms with Crippen molar-refractivity contribution in [2.75, 3.05) is 0 Å². The number of H-pyrrole nitrogens is 1. The Kier molecular flexibility index (Phi) is 8.53. The summed E-state index contributed by atoms with van der Waals surface area (Å²) in [6.07, 6.45) is 1.27. The number of aromatic amines is 1. The molecule has 1 aliphatic carbocycles. The number of aromatic nitrogens is 3. The number of nitrogens with zero attached hydrogens (tertiary/aromatic N) is 2. The summed E-state index contributed by atoms with van der Waals surface area (Å²) in [7, 11) is 0. The van der Waals surface area contributed by atoms with Crippen LogP contribution in [0.25, 0.3) is 22.8 Å². The lowest BCUT2D eigenvalue weighted by Crippen LogP contribution is -2.38. The van der Waals surface area contributed by atoms with Crippen LogP contribution in [-0.2, 0) is 11.2 Å². The lowest BCUT2D eigenvalue weighted by atomic mass is 9.75. The molecule has 0 aliphatic heterocycles. The molecule has 1 fully saturated rings. The highest BCUT2D eigenvalue weighted by molar-refractivity contribution is 6.33. The van der Waals surface area contributed by atoms with Crippen LogP contribution in [0.3, 0.4) is 0 Å². The first-order chi connectivity index (χ1) is 17.7. The van der Waals surface area contributed by atoms with Gasteiger partial charge in [-0.2, -0.15) is 4.98 Å². The minimum absolute atomic E-state index is 0.0267. The van der Waals surface area contributed by atoms with Crippen LogP contribution in [0.15, 0.2) is 47.3 Å². The molecule has 1 aromatic heterocycles. The molecule has 1 N–H and O–H groups in total. The van der Waals surface area contributed by atoms with E-state index >= 15 is 0 Å². The Morgan fingerprint density at radius 2 is 1.78 bits per heavy atom. The van der Waals surface area contributed by atoms with Crippen molar-refractivity contribution in [2.24, 2.45) is 5.41 Å². The first-order valence-electron chi connectivity index (χ1n) is 12.9. The summed E-state index contributed by atoms with van der Waals surface area (Å²) in [6.45, 7) is 4.16. The Morgan fingerprint density at radius 1 is 1.05 bits per heavy atom. The number of halogens is 3. The zero-order valence-corrected chi connectivity index (χ0v) is 22.0. The van der Waals surface area contributed by atoms with Crippen molar-refractivity contribution in [1.29, 1.82) is 0 Å². The van der Waals surface area contributed by atoms with Gasteiger partial charge in [-0.3, -0.25) is 9.78 Å². The summed E-state index contributed by atoms with van der Waals surface area (Å²) in [4.78, 5) is 36.8.